The summed E-state index contributed by atoms with van der Waals surface area (Å²) < 4.78 is 2.06. The highest BCUT2D eigenvalue weighted by molar-refractivity contribution is 6.31. The highest BCUT2D eigenvalue weighted by Gasteiger charge is 2.24. The lowest BCUT2D eigenvalue weighted by Crippen LogP contribution is -2.30. The van der Waals surface area contributed by atoms with E-state index < -0.39 is 0 Å². The lowest BCUT2D eigenvalue weighted by atomic mass is 9.94. The second-order valence-corrected chi connectivity index (χ2v) is 6.11. The predicted molar refractivity (Wildman–Crippen MR) is 86.3 cm³/mol. The Labute approximate surface area is 128 Å². The third-order valence-corrected chi connectivity index (χ3v) is 3.92. The maximum atomic E-state index is 6.40. The number of hydrogen-bond acceptors (Lipinski definition) is 3. The van der Waals surface area contributed by atoms with Gasteiger partial charge in [0, 0.05) is 6.54 Å². The fraction of sp³-hybridized carbons (Fsp3) is 0.800. The van der Waals surface area contributed by atoms with Gasteiger partial charge in [-0.25, -0.2) is 0 Å². The van der Waals surface area contributed by atoms with Crippen LogP contribution >= 0.6 is 11.6 Å². The van der Waals surface area contributed by atoms with Crippen LogP contribution in [-0.4, -0.2) is 41.9 Å². The summed E-state index contributed by atoms with van der Waals surface area (Å²) in [6, 6.07) is 0.275. The molecule has 1 rings (SSSR count). The lowest BCUT2D eigenvalue weighted by molar-refractivity contribution is 0.328. The summed E-state index contributed by atoms with van der Waals surface area (Å²) in [5.41, 5.74) is 1.14. The monoisotopic (exact) mass is 300 g/mol. The molecule has 2 unspecified atom stereocenters. The van der Waals surface area contributed by atoms with E-state index in [0.29, 0.717) is 5.92 Å². The van der Waals surface area contributed by atoms with Crippen LogP contribution in [0.4, 0.5) is 0 Å². The maximum absolute atomic E-state index is 6.40. The van der Waals surface area contributed by atoms with Crippen LogP contribution in [0.5, 0.6) is 0 Å². The Bertz CT molecular complexity index is 389. The normalized spacial score (nSPS) is 14.8. The van der Waals surface area contributed by atoms with Crippen molar-refractivity contribution in [2.75, 3.05) is 27.2 Å². The highest BCUT2D eigenvalue weighted by atomic mass is 35.5. The summed E-state index contributed by atoms with van der Waals surface area (Å²) in [7, 11) is 4.15. The smallest absolute Gasteiger partial charge is 0.0834 e. The Kier molecular flexibility index (Phi) is 7.56. The average Bonchev–Trinajstić information content (AvgIpc) is 2.75. The molecular formula is C15H29ClN4. The van der Waals surface area contributed by atoms with Crippen LogP contribution in [0.1, 0.15) is 45.3 Å². The summed E-state index contributed by atoms with van der Waals surface area (Å²) in [6.45, 7) is 9.43. The molecule has 20 heavy (non-hydrogen) atoms. The van der Waals surface area contributed by atoms with Crippen molar-refractivity contribution >= 4 is 11.6 Å². The van der Waals surface area contributed by atoms with Crippen LogP contribution in [0.25, 0.3) is 0 Å². The first-order valence-corrected chi connectivity index (χ1v) is 7.98. The van der Waals surface area contributed by atoms with Crippen LogP contribution in [0.15, 0.2) is 6.20 Å². The van der Waals surface area contributed by atoms with E-state index in [4.69, 9.17) is 11.6 Å². The fourth-order valence-electron chi connectivity index (χ4n) is 2.56. The van der Waals surface area contributed by atoms with Crippen molar-refractivity contribution in [1.82, 2.24) is 20.0 Å². The van der Waals surface area contributed by atoms with Gasteiger partial charge in [0.25, 0.3) is 0 Å². The Morgan fingerprint density at radius 1 is 1.40 bits per heavy atom. The molecule has 0 spiro atoms. The summed E-state index contributed by atoms with van der Waals surface area (Å²) >= 11 is 6.40. The van der Waals surface area contributed by atoms with Gasteiger partial charge in [-0.2, -0.15) is 5.10 Å². The van der Waals surface area contributed by atoms with E-state index in [1.54, 1.807) is 6.20 Å². The molecule has 5 heteroatoms. The van der Waals surface area contributed by atoms with Gasteiger partial charge in [-0.3, -0.25) is 4.68 Å². The number of rotatable bonds is 9. The number of likely N-dealkylation sites (N-methyl/N-ethyl adjacent to an activating group) is 1. The highest BCUT2D eigenvalue weighted by Crippen LogP contribution is 2.30. The van der Waals surface area contributed by atoms with E-state index >= 15 is 0 Å². The van der Waals surface area contributed by atoms with Crippen LogP contribution < -0.4 is 5.32 Å². The summed E-state index contributed by atoms with van der Waals surface area (Å²) in [6.07, 6.45) is 4.15. The van der Waals surface area contributed by atoms with Crippen LogP contribution in [-0.2, 0) is 6.54 Å². The molecule has 0 fully saturated rings. The number of hydrogen-bond donors (Lipinski definition) is 1. The quantitative estimate of drug-likeness (QED) is 0.760. The largest absolute Gasteiger partial charge is 0.309 e. The topological polar surface area (TPSA) is 33.1 Å². The molecule has 0 aliphatic rings. The predicted octanol–water partition coefficient (Wildman–Crippen LogP) is 3.18. The minimum Gasteiger partial charge on any atom is -0.309 e. The average molecular weight is 301 g/mol. The van der Waals surface area contributed by atoms with Crippen LogP contribution in [0.3, 0.4) is 0 Å². The van der Waals surface area contributed by atoms with Crippen molar-refractivity contribution in [2.24, 2.45) is 5.92 Å². The van der Waals surface area contributed by atoms with Gasteiger partial charge >= 0.3 is 0 Å². The molecule has 1 aromatic rings. The van der Waals surface area contributed by atoms with Gasteiger partial charge in [0.15, 0.2) is 0 Å². The van der Waals surface area contributed by atoms with Crippen molar-refractivity contribution in [1.29, 1.82) is 0 Å². The molecule has 0 bridgehead atoms. The summed E-state index contributed by atoms with van der Waals surface area (Å²) in [4.78, 5) is 2.16. The Morgan fingerprint density at radius 3 is 2.65 bits per heavy atom. The molecule has 0 amide bonds. The standard InChI is InChI=1S/C15H29ClN4/c1-6-8-12(3)14(17-7-2)15-13(16)11-18-20(15)10-9-19(4)5/h11-12,14,17H,6-10H2,1-5H3. The van der Waals surface area contributed by atoms with E-state index in [1.807, 2.05) is 0 Å². The van der Waals surface area contributed by atoms with Gasteiger partial charge in [-0.05, 0) is 33.0 Å². The molecule has 4 nitrogen and oxygen atoms in total. The number of nitrogens with zero attached hydrogens (tertiary/aromatic N) is 3. The number of halogens is 1. The molecule has 1 N–H and O–H groups in total. The number of aromatic nitrogens is 2. The molecule has 0 saturated heterocycles. The third kappa shape index (κ3) is 4.76. The molecule has 0 aliphatic heterocycles. The molecular weight excluding hydrogens is 272 g/mol. The van der Waals surface area contributed by atoms with Gasteiger partial charge < -0.3 is 10.2 Å². The maximum Gasteiger partial charge on any atom is 0.0834 e. The van der Waals surface area contributed by atoms with Gasteiger partial charge in [-0.1, -0.05) is 38.8 Å². The molecule has 0 radical (unpaired) electrons. The first-order valence-electron chi connectivity index (χ1n) is 7.60. The SMILES string of the molecule is CCCC(C)C(NCC)c1c(Cl)cnn1CCN(C)C. The van der Waals surface area contributed by atoms with Crippen LogP contribution in [0.2, 0.25) is 5.02 Å². The van der Waals surface area contributed by atoms with Gasteiger partial charge in [0.05, 0.1) is 29.5 Å². The van der Waals surface area contributed by atoms with E-state index in [0.717, 1.165) is 30.4 Å². The molecule has 1 heterocycles. The summed E-state index contributed by atoms with van der Waals surface area (Å²) in [5, 5.41) is 8.81. The Morgan fingerprint density at radius 2 is 2.10 bits per heavy atom. The van der Waals surface area contributed by atoms with Gasteiger partial charge in [-0.15, -0.1) is 0 Å². The van der Waals surface area contributed by atoms with E-state index in [2.05, 4.69) is 54.9 Å². The van der Waals surface area contributed by atoms with Crippen molar-refractivity contribution in [3.05, 3.63) is 16.9 Å². The second kappa shape index (κ2) is 8.65. The van der Waals surface area contributed by atoms with Crippen molar-refractivity contribution in [2.45, 2.75) is 46.2 Å². The van der Waals surface area contributed by atoms with Gasteiger partial charge in [0.1, 0.15) is 0 Å². The molecule has 116 valence electrons. The van der Waals surface area contributed by atoms with E-state index in [1.165, 1.54) is 12.8 Å². The molecule has 0 saturated carbocycles. The molecule has 0 aliphatic carbocycles. The zero-order chi connectivity index (χ0) is 15.1. The molecule has 0 aromatic carbocycles. The zero-order valence-electron chi connectivity index (χ0n) is 13.5. The van der Waals surface area contributed by atoms with Crippen LogP contribution in [0, 0.1) is 5.92 Å². The first kappa shape index (κ1) is 17.5. The van der Waals surface area contributed by atoms with Crippen molar-refractivity contribution in [3.8, 4) is 0 Å². The third-order valence-electron chi connectivity index (χ3n) is 3.62. The van der Waals surface area contributed by atoms with Gasteiger partial charge in [0.2, 0.25) is 0 Å². The minimum atomic E-state index is 0.275. The Balaban J connectivity index is 2.96. The molecule has 2 atom stereocenters. The van der Waals surface area contributed by atoms with E-state index in [-0.39, 0.29) is 6.04 Å². The number of nitrogens with one attached hydrogen (secondary N) is 1. The first-order chi connectivity index (χ1) is 9.51. The lowest BCUT2D eigenvalue weighted by Gasteiger charge is -2.26. The minimum absolute atomic E-state index is 0.275. The second-order valence-electron chi connectivity index (χ2n) is 5.71. The van der Waals surface area contributed by atoms with Crippen molar-refractivity contribution < 1.29 is 0 Å². The van der Waals surface area contributed by atoms with Crippen molar-refractivity contribution in [3.63, 3.8) is 0 Å². The molecule has 1 aromatic heterocycles. The summed E-state index contributed by atoms with van der Waals surface area (Å²) in [5.74, 6) is 0.548. The Hall–Kier alpha value is -0.580. The van der Waals surface area contributed by atoms with E-state index in [9.17, 15) is 0 Å². The zero-order valence-corrected chi connectivity index (χ0v) is 14.2. The fourth-order valence-corrected chi connectivity index (χ4v) is 2.82.